The average Bonchev–Trinajstić information content (AvgIpc) is 3.00. The van der Waals surface area contributed by atoms with E-state index in [0.717, 1.165) is 5.56 Å². The van der Waals surface area contributed by atoms with Gasteiger partial charge in [-0.15, -0.1) is 0 Å². The van der Waals surface area contributed by atoms with Crippen LogP contribution in [0.15, 0.2) is 83.2 Å². The number of carbonyl (C=O) groups is 2. The molecule has 0 bridgehead atoms. The highest BCUT2D eigenvalue weighted by Gasteiger charge is 2.41. The minimum absolute atomic E-state index is 0.0720. The largest absolute Gasteiger partial charge is 0.497 e. The molecule has 0 saturated heterocycles. The molecule has 0 fully saturated rings. The molecule has 5 rings (SSSR count). The van der Waals surface area contributed by atoms with Crippen LogP contribution in [0.1, 0.15) is 48.3 Å². The zero-order valence-corrected chi connectivity index (χ0v) is 24.6. The molecule has 3 aromatic rings. The quantitative estimate of drug-likeness (QED) is 0.247. The van der Waals surface area contributed by atoms with Crippen LogP contribution in [0.5, 0.6) is 17.2 Å². The molecule has 1 heterocycles. The standard InChI is InChI=1S/C33H33N3O7/c1-18-6-7-21(15-26(18)36(39)40)31-30(33(38)35-23-9-11-24(41-3)12-10-23)19(2)34-25-14-22(16-27(37)32(25)31)20-8-13-28(42-4)29(17-20)43-5/h6-13,15,17,22,31,34H,14,16H2,1-5H3,(H,35,38)/t22-,31+/m0/s1. The number of amides is 1. The molecule has 10 heteroatoms. The fourth-order valence-corrected chi connectivity index (χ4v) is 5.89. The molecule has 0 radical (unpaired) electrons. The van der Waals surface area contributed by atoms with Crippen LogP contribution in [0.2, 0.25) is 0 Å². The molecule has 2 aliphatic rings. The number of allylic oxidation sites excluding steroid dienone is 3. The Hall–Kier alpha value is -5.12. The lowest BCUT2D eigenvalue weighted by Crippen LogP contribution is -2.37. The minimum atomic E-state index is -0.798. The summed E-state index contributed by atoms with van der Waals surface area (Å²) in [6, 6.07) is 17.4. The molecule has 1 aliphatic heterocycles. The van der Waals surface area contributed by atoms with Gasteiger partial charge >= 0.3 is 0 Å². The fraction of sp³-hybridized carbons (Fsp3) is 0.273. The SMILES string of the molecule is COc1ccc(NC(=O)C2=C(C)NC3=C(C(=O)C[C@@H](c4ccc(OC)c(OC)c4)C3)[C@@H]2c2ccc(C)c([N+](=O)[O-])c2)cc1. The van der Waals surface area contributed by atoms with Crippen molar-refractivity contribution in [2.24, 2.45) is 0 Å². The second kappa shape index (κ2) is 12.0. The molecule has 10 nitrogen and oxygen atoms in total. The number of nitrogens with zero attached hydrogens (tertiary/aromatic N) is 1. The monoisotopic (exact) mass is 583 g/mol. The maximum absolute atomic E-state index is 14.0. The highest BCUT2D eigenvalue weighted by Crippen LogP contribution is 2.47. The van der Waals surface area contributed by atoms with E-state index in [1.165, 1.54) is 6.07 Å². The van der Waals surface area contributed by atoms with Gasteiger partial charge in [-0.05, 0) is 73.7 Å². The van der Waals surface area contributed by atoms with Gasteiger partial charge in [-0.1, -0.05) is 18.2 Å². The van der Waals surface area contributed by atoms with E-state index in [1.807, 2.05) is 18.2 Å². The van der Waals surface area contributed by atoms with Crippen LogP contribution in [0.4, 0.5) is 11.4 Å². The van der Waals surface area contributed by atoms with Gasteiger partial charge in [0, 0.05) is 52.2 Å². The molecule has 43 heavy (non-hydrogen) atoms. The zero-order chi connectivity index (χ0) is 30.8. The third-order valence-corrected chi connectivity index (χ3v) is 8.06. The predicted octanol–water partition coefficient (Wildman–Crippen LogP) is 5.93. The van der Waals surface area contributed by atoms with Crippen LogP contribution < -0.4 is 24.8 Å². The second-order valence-corrected chi connectivity index (χ2v) is 10.6. The molecule has 0 unspecified atom stereocenters. The van der Waals surface area contributed by atoms with E-state index in [2.05, 4.69) is 10.6 Å². The molecular formula is C33H33N3O7. The van der Waals surface area contributed by atoms with Crippen molar-refractivity contribution in [2.45, 2.75) is 38.5 Å². The first-order valence-electron chi connectivity index (χ1n) is 13.8. The van der Waals surface area contributed by atoms with Crippen LogP contribution in [0, 0.1) is 17.0 Å². The number of aryl methyl sites for hydroxylation is 1. The number of anilines is 1. The Morgan fingerprint density at radius 1 is 0.907 bits per heavy atom. The Morgan fingerprint density at radius 2 is 1.60 bits per heavy atom. The Kier molecular flexibility index (Phi) is 8.20. The first-order valence-corrected chi connectivity index (χ1v) is 13.8. The van der Waals surface area contributed by atoms with Crippen molar-refractivity contribution in [3.05, 3.63) is 110 Å². The number of dihydropyridines is 1. The van der Waals surface area contributed by atoms with Crippen LogP contribution >= 0.6 is 0 Å². The summed E-state index contributed by atoms with van der Waals surface area (Å²) in [7, 11) is 4.69. The number of carbonyl (C=O) groups excluding carboxylic acids is 2. The highest BCUT2D eigenvalue weighted by atomic mass is 16.6. The van der Waals surface area contributed by atoms with Crippen molar-refractivity contribution >= 4 is 23.1 Å². The maximum atomic E-state index is 14.0. The summed E-state index contributed by atoms with van der Waals surface area (Å²) in [5.74, 6) is 0.318. The number of hydrogen-bond acceptors (Lipinski definition) is 8. The van der Waals surface area contributed by atoms with Crippen molar-refractivity contribution in [1.82, 2.24) is 5.32 Å². The van der Waals surface area contributed by atoms with Crippen molar-refractivity contribution in [2.75, 3.05) is 26.6 Å². The lowest BCUT2D eigenvalue weighted by atomic mass is 9.71. The number of hydrogen-bond donors (Lipinski definition) is 2. The number of Topliss-reactive ketones (excluding diaryl/α,β-unsaturated/α-hetero) is 1. The van der Waals surface area contributed by atoms with Gasteiger partial charge in [-0.25, -0.2) is 0 Å². The van der Waals surface area contributed by atoms with E-state index >= 15 is 0 Å². The molecule has 2 atom stereocenters. The predicted molar refractivity (Wildman–Crippen MR) is 162 cm³/mol. The zero-order valence-electron chi connectivity index (χ0n) is 24.6. The fourth-order valence-electron chi connectivity index (χ4n) is 5.89. The number of rotatable bonds is 8. The summed E-state index contributed by atoms with van der Waals surface area (Å²) in [5.41, 5.74) is 4.42. The van der Waals surface area contributed by atoms with Gasteiger partial charge < -0.3 is 24.8 Å². The summed E-state index contributed by atoms with van der Waals surface area (Å²) in [5, 5.41) is 18.1. The Balaban J connectivity index is 1.58. The topological polar surface area (TPSA) is 129 Å². The summed E-state index contributed by atoms with van der Waals surface area (Å²) in [4.78, 5) is 39.3. The third-order valence-electron chi connectivity index (χ3n) is 8.06. The van der Waals surface area contributed by atoms with Crippen molar-refractivity contribution in [3.8, 4) is 17.2 Å². The summed E-state index contributed by atoms with van der Waals surface area (Å²) in [6.07, 6.45) is 0.707. The van der Waals surface area contributed by atoms with Crippen LogP contribution in [0.3, 0.4) is 0 Å². The van der Waals surface area contributed by atoms with Crippen molar-refractivity contribution in [1.29, 1.82) is 0 Å². The van der Waals surface area contributed by atoms with Crippen molar-refractivity contribution in [3.63, 3.8) is 0 Å². The number of ether oxygens (including phenoxy) is 3. The summed E-state index contributed by atoms with van der Waals surface area (Å²) >= 11 is 0. The number of nitro benzene ring substituents is 1. The number of nitrogens with one attached hydrogen (secondary N) is 2. The number of nitro groups is 1. The first kappa shape index (κ1) is 29.4. The summed E-state index contributed by atoms with van der Waals surface area (Å²) in [6.45, 7) is 3.44. The van der Waals surface area contributed by atoms with E-state index in [4.69, 9.17) is 14.2 Å². The minimum Gasteiger partial charge on any atom is -0.497 e. The Labute approximate surface area is 249 Å². The summed E-state index contributed by atoms with van der Waals surface area (Å²) < 4.78 is 16.1. The van der Waals surface area contributed by atoms with Gasteiger partial charge in [0.25, 0.3) is 11.6 Å². The van der Waals surface area contributed by atoms with E-state index in [0.29, 0.717) is 63.0 Å². The molecule has 0 saturated carbocycles. The lowest BCUT2D eigenvalue weighted by molar-refractivity contribution is -0.385. The molecule has 3 aromatic carbocycles. The van der Waals surface area contributed by atoms with E-state index in [9.17, 15) is 19.7 Å². The molecule has 222 valence electrons. The third kappa shape index (κ3) is 5.68. The first-order chi connectivity index (χ1) is 20.6. The number of methoxy groups -OCH3 is 3. The molecule has 0 aromatic heterocycles. The molecule has 0 spiro atoms. The Bertz CT molecular complexity index is 1670. The van der Waals surface area contributed by atoms with Gasteiger partial charge in [0.15, 0.2) is 17.3 Å². The van der Waals surface area contributed by atoms with Crippen LogP contribution in [-0.2, 0) is 9.59 Å². The van der Waals surface area contributed by atoms with Crippen LogP contribution in [-0.4, -0.2) is 37.9 Å². The number of benzene rings is 3. The van der Waals surface area contributed by atoms with Gasteiger partial charge in [0.05, 0.1) is 26.3 Å². The lowest BCUT2D eigenvalue weighted by Gasteiger charge is -2.37. The molecule has 2 N–H and O–H groups in total. The molecule has 1 amide bonds. The van der Waals surface area contributed by atoms with Gasteiger partial charge in [0.1, 0.15) is 5.75 Å². The van der Waals surface area contributed by atoms with Crippen molar-refractivity contribution < 1.29 is 28.7 Å². The number of ketones is 1. The van der Waals surface area contributed by atoms with E-state index < -0.39 is 16.7 Å². The highest BCUT2D eigenvalue weighted by molar-refractivity contribution is 6.10. The normalized spacial score (nSPS) is 18.0. The van der Waals surface area contributed by atoms with Crippen LogP contribution in [0.25, 0.3) is 0 Å². The smallest absolute Gasteiger partial charge is 0.272 e. The molecule has 1 aliphatic carbocycles. The Morgan fingerprint density at radius 3 is 2.26 bits per heavy atom. The molecular weight excluding hydrogens is 550 g/mol. The second-order valence-electron chi connectivity index (χ2n) is 10.6. The average molecular weight is 584 g/mol. The maximum Gasteiger partial charge on any atom is 0.272 e. The van der Waals surface area contributed by atoms with Gasteiger partial charge in [-0.3, -0.25) is 19.7 Å². The van der Waals surface area contributed by atoms with E-state index in [-0.39, 0.29) is 23.8 Å². The van der Waals surface area contributed by atoms with E-state index in [1.54, 1.807) is 71.6 Å². The van der Waals surface area contributed by atoms with Gasteiger partial charge in [-0.2, -0.15) is 0 Å². The van der Waals surface area contributed by atoms with Gasteiger partial charge in [0.2, 0.25) is 0 Å².